The quantitative estimate of drug-likeness (QED) is 0.530. The maximum Gasteiger partial charge on any atom is 0.268 e. The molecule has 0 saturated heterocycles. The highest BCUT2D eigenvalue weighted by molar-refractivity contribution is 7.25. The minimum absolute atomic E-state index is 0.201. The van der Waals surface area contributed by atoms with Gasteiger partial charge in [-0.25, -0.2) is 4.98 Å². The summed E-state index contributed by atoms with van der Waals surface area (Å²) in [4.78, 5) is 19.6. The molecule has 5 aromatic rings. The first kappa shape index (κ1) is 13.2. The molecule has 8 heteroatoms. The summed E-state index contributed by atoms with van der Waals surface area (Å²) >= 11 is 1.25. The van der Waals surface area contributed by atoms with Gasteiger partial charge in [0.25, 0.3) is 5.56 Å². The summed E-state index contributed by atoms with van der Waals surface area (Å²) in [5, 5.41) is 9.29. The number of nitrogens with one attached hydrogen (secondary N) is 1. The van der Waals surface area contributed by atoms with Gasteiger partial charge >= 0.3 is 0 Å². The first-order valence-electron chi connectivity index (χ1n) is 7.07. The van der Waals surface area contributed by atoms with Gasteiger partial charge in [-0.3, -0.25) is 4.79 Å². The summed E-state index contributed by atoms with van der Waals surface area (Å²) in [7, 11) is 0. The van der Waals surface area contributed by atoms with Crippen molar-refractivity contribution in [2.45, 2.75) is 0 Å². The third-order valence-corrected chi connectivity index (χ3v) is 4.77. The van der Waals surface area contributed by atoms with Crippen molar-refractivity contribution >= 4 is 31.8 Å². The van der Waals surface area contributed by atoms with E-state index in [9.17, 15) is 4.79 Å². The summed E-state index contributed by atoms with van der Waals surface area (Å²) in [6.45, 7) is 0. The maximum absolute atomic E-state index is 12.1. The van der Waals surface area contributed by atoms with Gasteiger partial charge in [-0.1, -0.05) is 0 Å². The van der Waals surface area contributed by atoms with Crippen molar-refractivity contribution in [3.05, 3.63) is 53.5 Å². The highest BCUT2D eigenvalue weighted by atomic mass is 32.1. The lowest BCUT2D eigenvalue weighted by Gasteiger charge is -2.05. The number of rotatable bonds is 2. The Hall–Kier alpha value is -3.26. The Morgan fingerprint density at radius 3 is 2.58 bits per heavy atom. The van der Waals surface area contributed by atoms with Crippen LogP contribution in [0.5, 0.6) is 0 Å². The normalized spacial score (nSPS) is 11.5. The van der Waals surface area contributed by atoms with Gasteiger partial charge < -0.3 is 13.8 Å². The predicted molar refractivity (Wildman–Crippen MR) is 88.7 cm³/mol. The summed E-state index contributed by atoms with van der Waals surface area (Å²) in [6, 6.07) is 7.21. The molecule has 0 amide bonds. The highest BCUT2D eigenvalue weighted by Gasteiger charge is 2.23. The molecule has 0 fully saturated rings. The number of aromatic nitrogens is 4. The fraction of sp³-hybridized carbons (Fsp3) is 0. The number of fused-ring (bicyclic) bond motifs is 3. The number of H-pyrrole nitrogens is 1. The first-order chi connectivity index (χ1) is 11.8. The fourth-order valence-electron chi connectivity index (χ4n) is 2.71. The van der Waals surface area contributed by atoms with Crippen LogP contribution in [0.25, 0.3) is 43.2 Å². The average molecular weight is 336 g/mol. The number of thiophene rings is 1. The van der Waals surface area contributed by atoms with Crippen molar-refractivity contribution in [1.82, 2.24) is 20.2 Å². The van der Waals surface area contributed by atoms with Crippen LogP contribution in [-0.4, -0.2) is 20.2 Å². The van der Waals surface area contributed by atoms with Gasteiger partial charge in [0.05, 0.1) is 35.3 Å². The van der Waals surface area contributed by atoms with Gasteiger partial charge in [-0.05, 0) is 24.3 Å². The van der Waals surface area contributed by atoms with E-state index >= 15 is 0 Å². The van der Waals surface area contributed by atoms with Crippen LogP contribution >= 0.6 is 11.3 Å². The SMILES string of the molecule is O=c1[nH]cnc2c1sc1nnc(-c3ccco3)c(-c3ccco3)c12. The molecular formula is C16H8N4O3S. The molecule has 116 valence electrons. The standard InChI is InChI=1S/C16H8N4O3S/c21-15-14-13(17-7-18-15)11-10(8-3-1-5-22-8)12(9-4-2-6-23-9)19-20-16(11)24-14/h1-7H,(H,17,18,21). The van der Waals surface area contributed by atoms with E-state index in [-0.39, 0.29) is 5.56 Å². The van der Waals surface area contributed by atoms with E-state index < -0.39 is 0 Å². The Balaban J connectivity index is 2.02. The highest BCUT2D eigenvalue weighted by Crippen LogP contribution is 2.41. The van der Waals surface area contributed by atoms with Crippen LogP contribution in [0, 0.1) is 0 Å². The molecule has 0 radical (unpaired) electrons. The smallest absolute Gasteiger partial charge is 0.268 e. The van der Waals surface area contributed by atoms with Gasteiger partial charge in [0.15, 0.2) is 5.76 Å². The summed E-state index contributed by atoms with van der Waals surface area (Å²) in [5.74, 6) is 1.18. The minimum Gasteiger partial charge on any atom is -0.464 e. The third-order valence-electron chi connectivity index (χ3n) is 3.71. The fourth-order valence-corrected chi connectivity index (χ4v) is 3.69. The number of hydrogen-bond acceptors (Lipinski definition) is 7. The van der Waals surface area contributed by atoms with Crippen molar-refractivity contribution in [3.63, 3.8) is 0 Å². The molecule has 0 aliphatic heterocycles. The van der Waals surface area contributed by atoms with Crippen molar-refractivity contribution in [2.24, 2.45) is 0 Å². The second-order valence-electron chi connectivity index (χ2n) is 5.07. The van der Waals surface area contributed by atoms with Gasteiger partial charge in [0.1, 0.15) is 21.0 Å². The van der Waals surface area contributed by atoms with E-state index in [0.29, 0.717) is 37.8 Å². The van der Waals surface area contributed by atoms with E-state index in [2.05, 4.69) is 20.2 Å². The van der Waals surface area contributed by atoms with Crippen LogP contribution in [0.15, 0.2) is 56.7 Å². The molecule has 5 rings (SSSR count). The van der Waals surface area contributed by atoms with Crippen molar-refractivity contribution in [1.29, 1.82) is 0 Å². The molecule has 5 heterocycles. The zero-order valence-electron chi connectivity index (χ0n) is 12.0. The molecule has 7 nitrogen and oxygen atoms in total. The summed E-state index contributed by atoms with van der Waals surface area (Å²) in [6.07, 6.45) is 4.54. The molecule has 0 atom stereocenters. The molecule has 24 heavy (non-hydrogen) atoms. The Morgan fingerprint density at radius 2 is 1.83 bits per heavy atom. The first-order valence-corrected chi connectivity index (χ1v) is 7.89. The molecule has 0 aliphatic rings. The van der Waals surface area contributed by atoms with E-state index in [4.69, 9.17) is 8.83 Å². The maximum atomic E-state index is 12.1. The van der Waals surface area contributed by atoms with Crippen molar-refractivity contribution < 1.29 is 8.83 Å². The van der Waals surface area contributed by atoms with Crippen LogP contribution in [0.1, 0.15) is 0 Å². The lowest BCUT2D eigenvalue weighted by atomic mass is 10.1. The van der Waals surface area contributed by atoms with Gasteiger partial charge in [0, 0.05) is 0 Å². The Labute approximate surface area is 137 Å². The second-order valence-corrected chi connectivity index (χ2v) is 6.07. The zero-order valence-corrected chi connectivity index (χ0v) is 12.8. The molecule has 0 spiro atoms. The van der Waals surface area contributed by atoms with Crippen LogP contribution in [0.2, 0.25) is 0 Å². The molecule has 0 unspecified atom stereocenters. The lowest BCUT2D eigenvalue weighted by molar-refractivity contribution is 0.573. The van der Waals surface area contributed by atoms with E-state index in [0.717, 1.165) is 5.39 Å². The monoisotopic (exact) mass is 336 g/mol. The minimum atomic E-state index is -0.201. The van der Waals surface area contributed by atoms with Gasteiger partial charge in [-0.2, -0.15) is 0 Å². The van der Waals surface area contributed by atoms with Crippen molar-refractivity contribution in [3.8, 4) is 22.8 Å². The van der Waals surface area contributed by atoms with Gasteiger partial charge in [0.2, 0.25) is 0 Å². The third kappa shape index (κ3) is 1.77. The molecule has 0 aromatic carbocycles. The largest absolute Gasteiger partial charge is 0.464 e. The second kappa shape index (κ2) is 4.87. The van der Waals surface area contributed by atoms with Crippen LogP contribution in [0.4, 0.5) is 0 Å². The molecule has 0 aliphatic carbocycles. The molecule has 0 saturated carbocycles. The number of aromatic amines is 1. The van der Waals surface area contributed by atoms with E-state index in [1.807, 2.05) is 6.07 Å². The summed E-state index contributed by atoms with van der Waals surface area (Å²) < 4.78 is 11.6. The zero-order chi connectivity index (χ0) is 16.1. The van der Waals surface area contributed by atoms with Crippen molar-refractivity contribution in [2.75, 3.05) is 0 Å². The molecule has 0 bridgehead atoms. The predicted octanol–water partition coefficient (Wildman–Crippen LogP) is 3.45. The van der Waals surface area contributed by atoms with Crippen LogP contribution < -0.4 is 5.56 Å². The molecule has 1 N–H and O–H groups in total. The molecular weight excluding hydrogens is 328 g/mol. The van der Waals surface area contributed by atoms with Crippen LogP contribution in [-0.2, 0) is 0 Å². The van der Waals surface area contributed by atoms with E-state index in [1.165, 1.54) is 17.7 Å². The Kier molecular flexibility index (Phi) is 2.68. The lowest BCUT2D eigenvalue weighted by Crippen LogP contribution is -2.03. The van der Waals surface area contributed by atoms with E-state index in [1.54, 1.807) is 30.7 Å². The number of nitrogens with zero attached hydrogens (tertiary/aromatic N) is 3. The average Bonchev–Trinajstić information content (AvgIpc) is 3.34. The molecule has 5 aromatic heterocycles. The van der Waals surface area contributed by atoms with Gasteiger partial charge in [-0.15, -0.1) is 21.5 Å². The Bertz CT molecular complexity index is 1220. The summed E-state index contributed by atoms with van der Waals surface area (Å²) in [5.41, 5.74) is 1.63. The number of hydrogen-bond donors (Lipinski definition) is 1. The van der Waals surface area contributed by atoms with Crippen LogP contribution in [0.3, 0.4) is 0 Å². The number of furan rings is 2. The Morgan fingerprint density at radius 1 is 1.04 bits per heavy atom. The topological polar surface area (TPSA) is 97.8 Å².